The molecule has 0 saturated carbocycles. The highest BCUT2D eigenvalue weighted by Gasteiger charge is 2.39. The van der Waals surface area contributed by atoms with Crippen LogP contribution in [0.5, 0.6) is 0 Å². The molecule has 0 spiro atoms. The Morgan fingerprint density at radius 1 is 1.53 bits per heavy atom. The fraction of sp³-hybridized carbons (Fsp3) is 0.923. The SMILES string of the molecule is CCN(CCO)C(=O)C(C)(C)C1CCCNC1. The minimum Gasteiger partial charge on any atom is -0.395 e. The van der Waals surface area contributed by atoms with Crippen LogP contribution in [0.2, 0.25) is 0 Å². The van der Waals surface area contributed by atoms with E-state index in [0.29, 0.717) is 19.0 Å². The summed E-state index contributed by atoms with van der Waals surface area (Å²) in [5, 5.41) is 12.4. The molecule has 0 radical (unpaired) electrons. The minimum absolute atomic E-state index is 0.0403. The molecule has 1 unspecified atom stereocenters. The largest absolute Gasteiger partial charge is 0.395 e. The summed E-state index contributed by atoms with van der Waals surface area (Å²) in [4.78, 5) is 14.2. The van der Waals surface area contributed by atoms with Crippen LogP contribution in [0.15, 0.2) is 0 Å². The van der Waals surface area contributed by atoms with Crippen molar-refractivity contribution in [2.75, 3.05) is 32.8 Å². The first-order chi connectivity index (χ1) is 8.04. The van der Waals surface area contributed by atoms with E-state index in [9.17, 15) is 4.79 Å². The Morgan fingerprint density at radius 3 is 2.71 bits per heavy atom. The fourth-order valence-corrected chi connectivity index (χ4v) is 2.57. The maximum Gasteiger partial charge on any atom is 0.228 e. The summed E-state index contributed by atoms with van der Waals surface area (Å²) in [6.07, 6.45) is 2.26. The van der Waals surface area contributed by atoms with Gasteiger partial charge in [0.1, 0.15) is 0 Å². The van der Waals surface area contributed by atoms with Crippen LogP contribution in [-0.2, 0) is 4.79 Å². The van der Waals surface area contributed by atoms with Gasteiger partial charge in [-0.25, -0.2) is 0 Å². The lowest BCUT2D eigenvalue weighted by Gasteiger charge is -2.39. The number of carbonyl (C=O) groups excluding carboxylic acids is 1. The molecule has 1 rings (SSSR count). The molecule has 17 heavy (non-hydrogen) atoms. The van der Waals surface area contributed by atoms with Crippen LogP contribution in [-0.4, -0.2) is 48.7 Å². The zero-order valence-corrected chi connectivity index (χ0v) is 11.3. The number of aliphatic hydroxyl groups is 1. The van der Waals surface area contributed by atoms with E-state index in [2.05, 4.69) is 5.32 Å². The molecule has 4 nitrogen and oxygen atoms in total. The Labute approximate surface area is 104 Å². The lowest BCUT2D eigenvalue weighted by Crippen LogP contribution is -2.49. The van der Waals surface area contributed by atoms with Crippen LogP contribution in [0.1, 0.15) is 33.6 Å². The molecule has 1 aliphatic heterocycles. The Kier molecular flexibility index (Phi) is 5.40. The summed E-state index contributed by atoms with van der Waals surface area (Å²) in [5.74, 6) is 0.569. The number of piperidine rings is 1. The molecule has 1 saturated heterocycles. The van der Waals surface area contributed by atoms with Gasteiger partial charge in [0.05, 0.1) is 6.61 Å². The first-order valence-electron chi connectivity index (χ1n) is 6.65. The summed E-state index contributed by atoms with van der Waals surface area (Å²) < 4.78 is 0. The first-order valence-corrected chi connectivity index (χ1v) is 6.65. The van der Waals surface area contributed by atoms with Gasteiger partial charge in [0.15, 0.2) is 0 Å². The van der Waals surface area contributed by atoms with Crippen molar-refractivity contribution in [1.29, 1.82) is 0 Å². The van der Waals surface area contributed by atoms with Gasteiger partial charge in [0, 0.05) is 18.5 Å². The fourth-order valence-electron chi connectivity index (χ4n) is 2.57. The molecule has 4 heteroatoms. The molecular formula is C13H26N2O2. The Hall–Kier alpha value is -0.610. The topological polar surface area (TPSA) is 52.6 Å². The van der Waals surface area contributed by atoms with Crippen LogP contribution in [0.25, 0.3) is 0 Å². The standard InChI is InChI=1S/C13H26N2O2/c1-4-15(8-9-16)12(17)13(2,3)11-6-5-7-14-10-11/h11,14,16H,4-10H2,1-3H3. The van der Waals surface area contributed by atoms with Gasteiger partial charge >= 0.3 is 0 Å². The molecule has 1 aliphatic rings. The van der Waals surface area contributed by atoms with Gasteiger partial charge in [-0.15, -0.1) is 0 Å². The third-order valence-electron chi connectivity index (χ3n) is 3.91. The molecule has 1 fully saturated rings. The highest BCUT2D eigenvalue weighted by atomic mass is 16.3. The van der Waals surface area contributed by atoms with E-state index in [4.69, 9.17) is 5.11 Å². The number of nitrogens with one attached hydrogen (secondary N) is 1. The van der Waals surface area contributed by atoms with Gasteiger partial charge in [-0.05, 0) is 38.8 Å². The maximum absolute atomic E-state index is 12.5. The molecule has 0 aliphatic carbocycles. The van der Waals surface area contributed by atoms with E-state index >= 15 is 0 Å². The second-order valence-electron chi connectivity index (χ2n) is 5.37. The second-order valence-corrected chi connectivity index (χ2v) is 5.37. The van der Waals surface area contributed by atoms with E-state index in [1.807, 2.05) is 20.8 Å². The summed E-state index contributed by atoms with van der Waals surface area (Å²) in [7, 11) is 0. The third kappa shape index (κ3) is 3.42. The second kappa shape index (κ2) is 6.36. The van der Waals surface area contributed by atoms with Gasteiger partial charge in [-0.3, -0.25) is 4.79 Å². The summed E-state index contributed by atoms with van der Waals surface area (Å²) in [6, 6.07) is 0. The highest BCUT2D eigenvalue weighted by Crippen LogP contribution is 2.33. The molecular weight excluding hydrogens is 216 g/mol. The number of nitrogens with zero attached hydrogens (tertiary/aromatic N) is 1. The zero-order valence-electron chi connectivity index (χ0n) is 11.3. The van der Waals surface area contributed by atoms with E-state index in [1.54, 1.807) is 4.90 Å². The average Bonchev–Trinajstić information content (AvgIpc) is 2.36. The van der Waals surface area contributed by atoms with Crippen LogP contribution in [0, 0.1) is 11.3 Å². The maximum atomic E-state index is 12.5. The van der Waals surface area contributed by atoms with Crippen LogP contribution in [0.3, 0.4) is 0 Å². The first kappa shape index (κ1) is 14.5. The zero-order chi connectivity index (χ0) is 12.9. The lowest BCUT2D eigenvalue weighted by atomic mass is 9.74. The van der Waals surface area contributed by atoms with Crippen molar-refractivity contribution in [2.45, 2.75) is 33.6 Å². The minimum atomic E-state index is -0.335. The van der Waals surface area contributed by atoms with Crippen molar-refractivity contribution < 1.29 is 9.90 Å². The average molecular weight is 242 g/mol. The van der Waals surface area contributed by atoms with Gasteiger partial charge in [-0.1, -0.05) is 13.8 Å². The summed E-state index contributed by atoms with van der Waals surface area (Å²) in [6.45, 7) is 9.17. The molecule has 0 aromatic heterocycles. The number of likely N-dealkylation sites (N-methyl/N-ethyl adjacent to an activating group) is 1. The Morgan fingerprint density at radius 2 is 2.24 bits per heavy atom. The molecule has 1 atom stereocenters. The Bertz CT molecular complexity index is 248. The number of carbonyl (C=O) groups is 1. The Balaban J connectivity index is 2.69. The molecule has 100 valence electrons. The van der Waals surface area contributed by atoms with E-state index in [1.165, 1.54) is 0 Å². The number of rotatable bonds is 5. The van der Waals surface area contributed by atoms with Crippen molar-refractivity contribution >= 4 is 5.91 Å². The predicted octanol–water partition coefficient (Wildman–Crippen LogP) is 0.853. The molecule has 1 amide bonds. The lowest BCUT2D eigenvalue weighted by molar-refractivity contribution is -0.144. The smallest absolute Gasteiger partial charge is 0.228 e. The molecule has 1 heterocycles. The van der Waals surface area contributed by atoms with Crippen LogP contribution in [0.4, 0.5) is 0 Å². The number of hydrogen-bond acceptors (Lipinski definition) is 3. The summed E-state index contributed by atoms with van der Waals surface area (Å²) >= 11 is 0. The quantitative estimate of drug-likeness (QED) is 0.751. The number of hydrogen-bond donors (Lipinski definition) is 2. The van der Waals surface area contributed by atoms with Crippen molar-refractivity contribution in [3.63, 3.8) is 0 Å². The molecule has 0 bridgehead atoms. The van der Waals surface area contributed by atoms with E-state index in [-0.39, 0.29) is 17.9 Å². The van der Waals surface area contributed by atoms with Gasteiger partial charge in [0.2, 0.25) is 5.91 Å². The van der Waals surface area contributed by atoms with Crippen molar-refractivity contribution in [3.05, 3.63) is 0 Å². The normalized spacial score (nSPS) is 21.3. The summed E-state index contributed by atoms with van der Waals surface area (Å²) in [5.41, 5.74) is -0.335. The predicted molar refractivity (Wildman–Crippen MR) is 68.7 cm³/mol. The van der Waals surface area contributed by atoms with Crippen molar-refractivity contribution in [1.82, 2.24) is 10.2 Å². The van der Waals surface area contributed by atoms with Crippen molar-refractivity contribution in [3.8, 4) is 0 Å². The monoisotopic (exact) mass is 242 g/mol. The third-order valence-corrected chi connectivity index (χ3v) is 3.91. The molecule has 2 N–H and O–H groups in total. The van der Waals surface area contributed by atoms with Crippen LogP contribution >= 0.6 is 0 Å². The molecule has 0 aromatic rings. The van der Waals surface area contributed by atoms with Gasteiger partial charge in [0.25, 0.3) is 0 Å². The van der Waals surface area contributed by atoms with Crippen LogP contribution < -0.4 is 5.32 Å². The highest BCUT2D eigenvalue weighted by molar-refractivity contribution is 5.82. The van der Waals surface area contributed by atoms with Gasteiger partial charge < -0.3 is 15.3 Å². The number of amides is 1. The van der Waals surface area contributed by atoms with E-state index < -0.39 is 0 Å². The number of aliphatic hydroxyl groups excluding tert-OH is 1. The van der Waals surface area contributed by atoms with Gasteiger partial charge in [-0.2, -0.15) is 0 Å². The van der Waals surface area contributed by atoms with Crippen molar-refractivity contribution in [2.24, 2.45) is 11.3 Å². The van der Waals surface area contributed by atoms with E-state index in [0.717, 1.165) is 25.9 Å². The molecule has 0 aromatic carbocycles.